The molecule has 0 fully saturated rings. The minimum absolute atomic E-state index is 0.122. The number of aromatic nitrogens is 1. The van der Waals surface area contributed by atoms with Crippen molar-refractivity contribution in [3.05, 3.63) is 45.6 Å². The predicted octanol–water partition coefficient (Wildman–Crippen LogP) is 3.20. The average molecular weight is 360 g/mol. The van der Waals surface area contributed by atoms with Crippen LogP contribution < -0.4 is 10.1 Å². The molecule has 2 heterocycles. The molecule has 1 atom stereocenters. The van der Waals surface area contributed by atoms with E-state index in [1.165, 1.54) is 0 Å². The van der Waals surface area contributed by atoms with Crippen LogP contribution in [-0.2, 0) is 6.61 Å². The van der Waals surface area contributed by atoms with Crippen molar-refractivity contribution in [3.63, 3.8) is 0 Å². The van der Waals surface area contributed by atoms with Gasteiger partial charge in [-0.2, -0.15) is 0 Å². The fraction of sp³-hybridized carbons (Fsp3) is 0.333. The lowest BCUT2D eigenvalue weighted by atomic mass is 10.1. The fourth-order valence-corrected chi connectivity index (χ4v) is 3.21. The Balaban J connectivity index is 1.87. The topological polar surface area (TPSA) is 84.6 Å². The Morgan fingerprint density at radius 1 is 1.44 bits per heavy atom. The van der Waals surface area contributed by atoms with Gasteiger partial charge in [-0.1, -0.05) is 0 Å². The molecule has 132 valence electrons. The molecule has 0 saturated heterocycles. The summed E-state index contributed by atoms with van der Waals surface area (Å²) in [5.41, 5.74) is 3.85. The van der Waals surface area contributed by atoms with Crippen LogP contribution in [0, 0.1) is 13.8 Å². The van der Waals surface area contributed by atoms with Gasteiger partial charge in [-0.05, 0) is 39.0 Å². The van der Waals surface area contributed by atoms with Crippen molar-refractivity contribution < 1.29 is 19.1 Å². The first-order valence-corrected chi connectivity index (χ1v) is 8.84. The van der Waals surface area contributed by atoms with Gasteiger partial charge in [0.05, 0.1) is 28.3 Å². The Hall–Kier alpha value is -2.38. The van der Waals surface area contributed by atoms with Gasteiger partial charge in [0.2, 0.25) is 0 Å². The number of furan rings is 1. The van der Waals surface area contributed by atoms with Gasteiger partial charge in [0.15, 0.2) is 0 Å². The number of thiazole rings is 1. The largest absolute Gasteiger partial charge is 0.488 e. The number of amides is 1. The summed E-state index contributed by atoms with van der Waals surface area (Å²) in [7, 11) is 0. The Morgan fingerprint density at radius 3 is 2.92 bits per heavy atom. The molecule has 25 heavy (non-hydrogen) atoms. The smallest absolute Gasteiger partial charge is 0.255 e. The van der Waals surface area contributed by atoms with Crippen LogP contribution in [0.15, 0.2) is 28.1 Å². The lowest BCUT2D eigenvalue weighted by molar-refractivity contribution is 0.0922. The Kier molecular flexibility index (Phi) is 5.06. The summed E-state index contributed by atoms with van der Waals surface area (Å²) in [5, 5.41) is 12.6. The summed E-state index contributed by atoms with van der Waals surface area (Å²) >= 11 is 1.55. The predicted molar refractivity (Wildman–Crippen MR) is 96.1 cm³/mol. The first-order valence-electron chi connectivity index (χ1n) is 7.96. The van der Waals surface area contributed by atoms with Crippen LogP contribution >= 0.6 is 11.3 Å². The normalized spacial score (nSPS) is 12.3. The van der Waals surface area contributed by atoms with E-state index in [0.717, 1.165) is 10.6 Å². The molecule has 0 saturated carbocycles. The number of ether oxygens (including phenoxy) is 1. The molecule has 0 aliphatic rings. The maximum Gasteiger partial charge on any atom is 0.255 e. The van der Waals surface area contributed by atoms with Crippen LogP contribution in [0.1, 0.15) is 33.6 Å². The molecule has 1 aromatic carbocycles. The van der Waals surface area contributed by atoms with Gasteiger partial charge in [0.1, 0.15) is 23.7 Å². The van der Waals surface area contributed by atoms with Crippen LogP contribution in [0.5, 0.6) is 5.75 Å². The highest BCUT2D eigenvalue weighted by molar-refractivity contribution is 7.09. The van der Waals surface area contributed by atoms with Crippen LogP contribution in [0.25, 0.3) is 11.0 Å². The Bertz CT molecular complexity index is 900. The summed E-state index contributed by atoms with van der Waals surface area (Å²) in [4.78, 5) is 17.8. The maximum atomic E-state index is 12.5. The van der Waals surface area contributed by atoms with Crippen LogP contribution in [0.3, 0.4) is 0 Å². The van der Waals surface area contributed by atoms with Crippen molar-refractivity contribution in [2.45, 2.75) is 33.4 Å². The van der Waals surface area contributed by atoms with Gasteiger partial charge in [-0.25, -0.2) is 4.98 Å². The third-order valence-corrected chi connectivity index (χ3v) is 4.84. The van der Waals surface area contributed by atoms with E-state index in [9.17, 15) is 4.79 Å². The van der Waals surface area contributed by atoms with Crippen LogP contribution in [0.2, 0.25) is 0 Å². The molecule has 0 aliphatic carbocycles. The van der Waals surface area contributed by atoms with Crippen molar-refractivity contribution in [3.8, 4) is 5.75 Å². The molecular weight excluding hydrogens is 340 g/mol. The zero-order valence-corrected chi connectivity index (χ0v) is 15.1. The summed E-state index contributed by atoms with van der Waals surface area (Å²) in [5.74, 6) is 0.923. The quantitative estimate of drug-likeness (QED) is 0.705. The first kappa shape index (κ1) is 17.4. The molecule has 6 nitrogen and oxygen atoms in total. The molecular formula is C18H20N2O4S. The molecule has 7 heteroatoms. The summed E-state index contributed by atoms with van der Waals surface area (Å²) < 4.78 is 11.5. The number of fused-ring (bicyclic) bond motifs is 1. The number of hydrogen-bond acceptors (Lipinski definition) is 6. The monoisotopic (exact) mass is 360 g/mol. The van der Waals surface area contributed by atoms with Crippen LogP contribution in [-0.4, -0.2) is 28.6 Å². The molecule has 2 N–H and O–H groups in total. The average Bonchev–Trinajstić information content (AvgIpc) is 3.14. The van der Waals surface area contributed by atoms with Crippen molar-refractivity contribution >= 4 is 28.2 Å². The van der Waals surface area contributed by atoms with Gasteiger partial charge in [-0.15, -0.1) is 11.3 Å². The number of aliphatic hydroxyl groups is 1. The van der Waals surface area contributed by atoms with Crippen molar-refractivity contribution in [1.82, 2.24) is 10.3 Å². The van der Waals surface area contributed by atoms with E-state index < -0.39 is 0 Å². The summed E-state index contributed by atoms with van der Waals surface area (Å²) in [6.07, 6.45) is 0. The number of nitrogens with one attached hydrogen (secondary N) is 1. The highest BCUT2D eigenvalue weighted by Crippen LogP contribution is 2.29. The van der Waals surface area contributed by atoms with Gasteiger partial charge in [-0.3, -0.25) is 4.79 Å². The second-order valence-electron chi connectivity index (χ2n) is 5.90. The zero-order chi connectivity index (χ0) is 18.0. The second-order valence-corrected chi connectivity index (χ2v) is 6.84. The maximum absolute atomic E-state index is 12.5. The van der Waals surface area contributed by atoms with Crippen molar-refractivity contribution in [1.29, 1.82) is 0 Å². The lowest BCUT2D eigenvalue weighted by Gasteiger charge is -2.10. The third-order valence-electron chi connectivity index (χ3n) is 3.93. The van der Waals surface area contributed by atoms with E-state index in [1.54, 1.807) is 42.8 Å². The standard InChI is InChI=1S/C18H20N2O4S/c1-10(7-21)20-18(22)17-12(3)24-15-5-4-13(6-14(15)17)23-8-16-11(2)19-9-25-16/h4-6,9-10,21H,7-8H2,1-3H3,(H,20,22). The molecule has 0 aliphatic heterocycles. The molecule has 1 unspecified atom stereocenters. The van der Waals surface area contributed by atoms with Gasteiger partial charge in [0.25, 0.3) is 5.91 Å². The second kappa shape index (κ2) is 7.25. The number of carbonyl (C=O) groups is 1. The highest BCUT2D eigenvalue weighted by atomic mass is 32.1. The van der Waals surface area contributed by atoms with E-state index in [0.29, 0.717) is 34.6 Å². The number of benzene rings is 1. The highest BCUT2D eigenvalue weighted by Gasteiger charge is 2.20. The number of carbonyl (C=O) groups excluding carboxylic acids is 1. The van der Waals surface area contributed by atoms with Crippen molar-refractivity contribution in [2.75, 3.05) is 6.61 Å². The van der Waals surface area contributed by atoms with E-state index in [1.807, 2.05) is 13.0 Å². The minimum atomic E-state index is -0.328. The number of aryl methyl sites for hydroxylation is 2. The molecule has 1 amide bonds. The summed E-state index contributed by atoms with van der Waals surface area (Å²) in [6, 6.07) is 5.09. The number of rotatable bonds is 6. The van der Waals surface area contributed by atoms with Gasteiger partial charge >= 0.3 is 0 Å². The fourth-order valence-electron chi connectivity index (χ4n) is 2.53. The number of nitrogens with zero attached hydrogens (tertiary/aromatic N) is 1. The SMILES string of the molecule is Cc1ncsc1COc1ccc2oc(C)c(C(=O)NC(C)CO)c2c1. The molecule has 2 aromatic heterocycles. The van der Waals surface area contributed by atoms with Crippen LogP contribution in [0.4, 0.5) is 0 Å². The minimum Gasteiger partial charge on any atom is -0.488 e. The van der Waals surface area contributed by atoms with Gasteiger partial charge < -0.3 is 19.6 Å². The molecule has 0 radical (unpaired) electrons. The zero-order valence-electron chi connectivity index (χ0n) is 14.3. The van der Waals surface area contributed by atoms with E-state index in [-0.39, 0.29) is 18.6 Å². The van der Waals surface area contributed by atoms with E-state index in [2.05, 4.69) is 10.3 Å². The molecule has 0 bridgehead atoms. The number of aliphatic hydroxyl groups excluding tert-OH is 1. The van der Waals surface area contributed by atoms with Gasteiger partial charge in [0, 0.05) is 11.4 Å². The van der Waals surface area contributed by atoms with E-state index in [4.69, 9.17) is 14.3 Å². The third kappa shape index (κ3) is 3.67. The molecule has 3 aromatic rings. The number of hydrogen-bond donors (Lipinski definition) is 2. The Morgan fingerprint density at radius 2 is 2.24 bits per heavy atom. The Labute approximate surface area is 149 Å². The first-order chi connectivity index (χ1) is 12.0. The lowest BCUT2D eigenvalue weighted by Crippen LogP contribution is -2.35. The van der Waals surface area contributed by atoms with Crippen molar-refractivity contribution in [2.24, 2.45) is 0 Å². The molecule has 0 spiro atoms. The summed E-state index contributed by atoms with van der Waals surface area (Å²) in [6.45, 7) is 5.74. The van der Waals surface area contributed by atoms with E-state index >= 15 is 0 Å². The molecule has 3 rings (SSSR count).